The highest BCUT2D eigenvalue weighted by atomic mass is 32.1. The van der Waals surface area contributed by atoms with Crippen LogP contribution in [0.1, 0.15) is 52.4 Å². The predicted octanol–water partition coefficient (Wildman–Crippen LogP) is 2.65. The molecule has 0 unspecified atom stereocenters. The van der Waals surface area contributed by atoms with Crippen LogP contribution >= 0.6 is 11.3 Å². The van der Waals surface area contributed by atoms with Gasteiger partial charge in [0, 0.05) is 16.8 Å². The van der Waals surface area contributed by atoms with E-state index in [4.69, 9.17) is 0 Å². The summed E-state index contributed by atoms with van der Waals surface area (Å²) in [5, 5.41) is 6.03. The molecule has 0 atom stereocenters. The van der Waals surface area contributed by atoms with E-state index in [2.05, 4.69) is 15.3 Å². The molecule has 1 fully saturated rings. The third-order valence-corrected chi connectivity index (χ3v) is 5.30. The molecule has 0 aliphatic heterocycles. The Morgan fingerprint density at radius 2 is 2.05 bits per heavy atom. The molecule has 5 nitrogen and oxygen atoms in total. The van der Waals surface area contributed by atoms with Gasteiger partial charge >= 0.3 is 0 Å². The van der Waals surface area contributed by atoms with Crippen LogP contribution in [-0.2, 0) is 5.54 Å². The Bertz CT molecular complexity index is 757. The van der Waals surface area contributed by atoms with E-state index in [0.29, 0.717) is 0 Å². The number of aryl methyl sites for hydroxylation is 2. The predicted molar refractivity (Wildman–Crippen MR) is 86.3 cm³/mol. The van der Waals surface area contributed by atoms with E-state index in [1.54, 1.807) is 30.4 Å². The second-order valence-electron chi connectivity index (χ2n) is 5.92. The van der Waals surface area contributed by atoms with Crippen molar-refractivity contribution in [2.75, 3.05) is 0 Å². The lowest BCUT2D eigenvalue weighted by atomic mass is 9.97. The minimum absolute atomic E-state index is 0.158. The zero-order valence-electron chi connectivity index (χ0n) is 12.7. The lowest BCUT2D eigenvalue weighted by Gasteiger charge is -2.28. The van der Waals surface area contributed by atoms with Gasteiger partial charge in [-0.3, -0.25) is 9.59 Å². The van der Waals surface area contributed by atoms with Crippen molar-refractivity contribution in [2.45, 2.75) is 45.1 Å². The zero-order chi connectivity index (χ0) is 15.7. The molecule has 1 aliphatic carbocycles. The Hall–Kier alpha value is -1.95. The third kappa shape index (κ3) is 2.70. The molecule has 1 saturated carbocycles. The van der Waals surface area contributed by atoms with Crippen molar-refractivity contribution >= 4 is 17.2 Å². The van der Waals surface area contributed by atoms with E-state index in [1.807, 2.05) is 12.3 Å². The van der Waals surface area contributed by atoms with Gasteiger partial charge in [-0.05, 0) is 38.8 Å². The van der Waals surface area contributed by atoms with Crippen molar-refractivity contribution in [1.82, 2.24) is 15.3 Å². The summed E-state index contributed by atoms with van der Waals surface area (Å²) in [7, 11) is 0. The van der Waals surface area contributed by atoms with E-state index >= 15 is 0 Å². The van der Waals surface area contributed by atoms with Gasteiger partial charge in [-0.25, -0.2) is 4.98 Å². The second-order valence-corrected chi connectivity index (χ2v) is 6.78. The molecule has 2 N–H and O–H groups in total. The molecule has 0 spiro atoms. The van der Waals surface area contributed by atoms with Gasteiger partial charge in [0.05, 0.1) is 5.54 Å². The van der Waals surface area contributed by atoms with E-state index in [-0.39, 0.29) is 17.0 Å². The number of thiazole rings is 1. The number of nitrogens with zero attached hydrogens (tertiary/aromatic N) is 1. The number of hydrogen-bond donors (Lipinski definition) is 2. The van der Waals surface area contributed by atoms with Crippen molar-refractivity contribution in [2.24, 2.45) is 0 Å². The largest absolute Gasteiger partial charge is 0.340 e. The van der Waals surface area contributed by atoms with Gasteiger partial charge in [-0.15, -0.1) is 11.3 Å². The van der Waals surface area contributed by atoms with E-state index in [0.717, 1.165) is 42.1 Å². The molecule has 1 aliphatic rings. The molecule has 1 amide bonds. The van der Waals surface area contributed by atoms with Gasteiger partial charge in [-0.1, -0.05) is 12.8 Å². The third-order valence-electron chi connectivity index (χ3n) is 4.14. The van der Waals surface area contributed by atoms with Crippen LogP contribution in [0.25, 0.3) is 0 Å². The maximum absolute atomic E-state index is 12.6. The van der Waals surface area contributed by atoms with Gasteiger partial charge in [0.1, 0.15) is 10.6 Å². The van der Waals surface area contributed by atoms with Crippen molar-refractivity contribution in [3.8, 4) is 0 Å². The van der Waals surface area contributed by atoms with Crippen LogP contribution in [0.4, 0.5) is 0 Å². The normalized spacial score (nSPS) is 16.6. The van der Waals surface area contributed by atoms with Crippen molar-refractivity contribution in [3.63, 3.8) is 0 Å². The van der Waals surface area contributed by atoms with E-state index < -0.39 is 5.54 Å². The summed E-state index contributed by atoms with van der Waals surface area (Å²) in [6.45, 7) is 3.75. The Kier molecular flexibility index (Phi) is 3.87. The SMILES string of the molecule is Cc1csc(C2(NC(=O)c3ccc(C)[nH]c3=O)CCCC2)n1. The molecule has 0 radical (unpaired) electrons. The molecule has 3 rings (SSSR count). The first-order chi connectivity index (χ1) is 10.5. The molecule has 2 aromatic heterocycles. The fraction of sp³-hybridized carbons (Fsp3) is 0.438. The van der Waals surface area contributed by atoms with Crippen LogP contribution in [0, 0.1) is 13.8 Å². The van der Waals surface area contributed by atoms with Gasteiger partial charge in [-0.2, -0.15) is 0 Å². The number of hydrogen-bond acceptors (Lipinski definition) is 4. The number of H-pyrrole nitrogens is 1. The number of rotatable bonds is 3. The fourth-order valence-corrected chi connectivity index (χ4v) is 3.99. The summed E-state index contributed by atoms with van der Waals surface area (Å²) in [6.07, 6.45) is 3.86. The Morgan fingerprint density at radius 1 is 1.32 bits per heavy atom. The minimum atomic E-state index is -0.423. The van der Waals surface area contributed by atoms with E-state index in [9.17, 15) is 9.59 Å². The molecule has 2 aromatic rings. The summed E-state index contributed by atoms with van der Waals surface area (Å²) in [4.78, 5) is 31.8. The van der Waals surface area contributed by atoms with Crippen LogP contribution in [0.15, 0.2) is 22.3 Å². The molecular formula is C16H19N3O2S. The lowest BCUT2D eigenvalue weighted by Crippen LogP contribution is -2.45. The fourth-order valence-electron chi connectivity index (χ4n) is 2.98. The van der Waals surface area contributed by atoms with Gasteiger partial charge in [0.25, 0.3) is 11.5 Å². The Balaban J connectivity index is 1.91. The van der Waals surface area contributed by atoms with E-state index in [1.165, 1.54) is 0 Å². The monoisotopic (exact) mass is 317 g/mol. The summed E-state index contributed by atoms with van der Waals surface area (Å²) < 4.78 is 0. The lowest BCUT2D eigenvalue weighted by molar-refractivity contribution is 0.0896. The van der Waals surface area contributed by atoms with Crippen molar-refractivity contribution in [3.05, 3.63) is 49.8 Å². The zero-order valence-corrected chi connectivity index (χ0v) is 13.5. The van der Waals surface area contributed by atoms with Crippen LogP contribution in [-0.4, -0.2) is 15.9 Å². The van der Waals surface area contributed by atoms with Crippen LogP contribution < -0.4 is 10.9 Å². The smallest absolute Gasteiger partial charge is 0.260 e. The average molecular weight is 317 g/mol. The molecule has 2 heterocycles. The molecule has 0 bridgehead atoms. The molecule has 0 saturated heterocycles. The number of carbonyl (C=O) groups is 1. The first-order valence-corrected chi connectivity index (χ1v) is 8.33. The summed E-state index contributed by atoms with van der Waals surface area (Å²) >= 11 is 1.58. The molecule has 22 heavy (non-hydrogen) atoms. The number of pyridine rings is 1. The Morgan fingerprint density at radius 3 is 2.64 bits per heavy atom. The molecule has 116 valence electrons. The maximum Gasteiger partial charge on any atom is 0.260 e. The number of carbonyl (C=O) groups excluding carboxylic acids is 1. The summed E-state index contributed by atoms with van der Waals surface area (Å²) in [5.74, 6) is -0.323. The summed E-state index contributed by atoms with van der Waals surface area (Å²) in [5.41, 5.74) is 1.10. The van der Waals surface area contributed by atoms with Gasteiger partial charge < -0.3 is 10.3 Å². The second kappa shape index (κ2) is 5.68. The highest BCUT2D eigenvalue weighted by Crippen LogP contribution is 2.40. The highest BCUT2D eigenvalue weighted by Gasteiger charge is 2.40. The van der Waals surface area contributed by atoms with Crippen molar-refractivity contribution < 1.29 is 4.79 Å². The molecular weight excluding hydrogens is 298 g/mol. The van der Waals surface area contributed by atoms with Crippen LogP contribution in [0.3, 0.4) is 0 Å². The van der Waals surface area contributed by atoms with Crippen LogP contribution in [0.2, 0.25) is 0 Å². The number of amides is 1. The Labute approximate surface area is 132 Å². The minimum Gasteiger partial charge on any atom is -0.340 e. The summed E-state index contributed by atoms with van der Waals surface area (Å²) in [6, 6.07) is 3.32. The number of aromatic amines is 1. The molecule has 0 aromatic carbocycles. The highest BCUT2D eigenvalue weighted by molar-refractivity contribution is 7.09. The first kappa shape index (κ1) is 15.0. The number of aromatic nitrogens is 2. The maximum atomic E-state index is 12.6. The number of nitrogens with one attached hydrogen (secondary N) is 2. The standard InChI is InChI=1S/C16H19N3O2S/c1-10-5-6-12(13(20)17-10)14(21)19-16(7-3-4-8-16)15-18-11(2)9-22-15/h5-6,9H,3-4,7-8H2,1-2H3,(H,17,20)(H,19,21). The van der Waals surface area contributed by atoms with Gasteiger partial charge in [0.15, 0.2) is 0 Å². The average Bonchev–Trinajstić information content (AvgIpc) is 3.08. The van der Waals surface area contributed by atoms with Crippen molar-refractivity contribution in [1.29, 1.82) is 0 Å². The first-order valence-electron chi connectivity index (χ1n) is 7.45. The van der Waals surface area contributed by atoms with Crippen LogP contribution in [0.5, 0.6) is 0 Å². The quantitative estimate of drug-likeness (QED) is 0.914. The van der Waals surface area contributed by atoms with Gasteiger partial charge in [0.2, 0.25) is 0 Å². The topological polar surface area (TPSA) is 74.8 Å². The molecule has 6 heteroatoms.